The zero-order valence-corrected chi connectivity index (χ0v) is 23.6. The molecule has 0 aliphatic carbocycles. The highest BCUT2D eigenvalue weighted by atomic mass is 16.5. The lowest BCUT2D eigenvalue weighted by atomic mass is 9.77. The Bertz CT molecular complexity index is 1490. The van der Waals surface area contributed by atoms with Gasteiger partial charge in [0.1, 0.15) is 17.0 Å². The molecule has 3 aliphatic heterocycles. The fraction of sp³-hybridized carbons (Fsp3) is 0.586. The molecule has 3 atom stereocenters. The van der Waals surface area contributed by atoms with Crippen LogP contribution >= 0.6 is 0 Å². The van der Waals surface area contributed by atoms with Gasteiger partial charge in [0.15, 0.2) is 5.82 Å². The average molecular weight is 531 g/mol. The minimum Gasteiger partial charge on any atom is -0.380 e. The third-order valence-corrected chi connectivity index (χ3v) is 8.98. The summed E-state index contributed by atoms with van der Waals surface area (Å²) >= 11 is 0. The van der Waals surface area contributed by atoms with Crippen molar-refractivity contribution in [1.82, 2.24) is 24.0 Å². The molecule has 1 unspecified atom stereocenters. The van der Waals surface area contributed by atoms with E-state index in [1.54, 1.807) is 11.6 Å². The second kappa shape index (κ2) is 9.65. The maximum absolute atomic E-state index is 13.0. The van der Waals surface area contributed by atoms with Crippen LogP contribution < -0.4 is 15.5 Å². The summed E-state index contributed by atoms with van der Waals surface area (Å²) in [7, 11) is 1.73. The van der Waals surface area contributed by atoms with Crippen molar-refractivity contribution in [3.8, 4) is 6.07 Å². The molecule has 0 N–H and O–H groups in total. The van der Waals surface area contributed by atoms with Crippen LogP contribution in [0.25, 0.3) is 11.2 Å². The highest BCUT2D eigenvalue weighted by molar-refractivity contribution is 5.84. The van der Waals surface area contributed by atoms with E-state index in [9.17, 15) is 10.1 Å². The van der Waals surface area contributed by atoms with E-state index in [-0.39, 0.29) is 30.2 Å². The van der Waals surface area contributed by atoms with E-state index in [2.05, 4.69) is 70.8 Å². The molecule has 39 heavy (non-hydrogen) atoms. The van der Waals surface area contributed by atoms with Crippen LogP contribution in [0.5, 0.6) is 0 Å². The number of hydrogen-bond acceptors (Lipinski definition) is 8. The third kappa shape index (κ3) is 4.19. The Morgan fingerprint density at radius 2 is 1.95 bits per heavy atom. The fourth-order valence-corrected chi connectivity index (χ4v) is 6.71. The Hall–Kier alpha value is -3.42. The second-order valence-electron chi connectivity index (χ2n) is 11.7. The molecule has 1 spiro atoms. The highest BCUT2D eigenvalue weighted by Gasteiger charge is 2.49. The lowest BCUT2D eigenvalue weighted by Crippen LogP contribution is -2.66. The average Bonchev–Trinajstić information content (AvgIpc) is 3.24. The van der Waals surface area contributed by atoms with E-state index in [1.807, 2.05) is 11.5 Å². The van der Waals surface area contributed by atoms with Crippen LogP contribution in [0.3, 0.4) is 0 Å². The van der Waals surface area contributed by atoms with Crippen LogP contribution in [0.1, 0.15) is 45.1 Å². The number of aryl methyl sites for hydroxylation is 2. The minimum atomic E-state index is -0.302. The molecular formula is C29H38N8O2. The number of aromatic nitrogens is 4. The van der Waals surface area contributed by atoms with Crippen LogP contribution in [0.2, 0.25) is 0 Å². The van der Waals surface area contributed by atoms with Gasteiger partial charge in [-0.3, -0.25) is 9.47 Å². The van der Waals surface area contributed by atoms with Crippen molar-refractivity contribution in [1.29, 1.82) is 5.26 Å². The number of ether oxygens (including phenoxy) is 1. The summed E-state index contributed by atoms with van der Waals surface area (Å²) < 4.78 is 8.96. The first kappa shape index (κ1) is 25.8. The van der Waals surface area contributed by atoms with Gasteiger partial charge < -0.3 is 19.1 Å². The Morgan fingerprint density at radius 3 is 2.62 bits per heavy atom. The van der Waals surface area contributed by atoms with Crippen molar-refractivity contribution in [2.75, 3.05) is 49.2 Å². The molecule has 6 rings (SSSR count). The molecule has 3 saturated heterocycles. The molecule has 206 valence electrons. The third-order valence-electron chi connectivity index (χ3n) is 8.98. The van der Waals surface area contributed by atoms with Crippen molar-refractivity contribution < 1.29 is 4.74 Å². The topological polar surface area (TPSA) is 95.5 Å². The monoisotopic (exact) mass is 530 g/mol. The zero-order chi connectivity index (χ0) is 27.5. The molecule has 0 amide bonds. The molecule has 10 heteroatoms. The number of hydrogen-bond donors (Lipinski definition) is 0. The Morgan fingerprint density at radius 1 is 1.18 bits per heavy atom. The first-order valence-electron chi connectivity index (χ1n) is 14.0. The van der Waals surface area contributed by atoms with Crippen LogP contribution in [0.15, 0.2) is 29.1 Å². The second-order valence-corrected chi connectivity index (χ2v) is 11.7. The van der Waals surface area contributed by atoms with Gasteiger partial charge in [-0.2, -0.15) is 10.2 Å². The quantitative estimate of drug-likeness (QED) is 0.480. The molecule has 3 fully saturated rings. The molecule has 5 heterocycles. The van der Waals surface area contributed by atoms with Crippen LogP contribution in [-0.4, -0.2) is 75.5 Å². The van der Waals surface area contributed by atoms with Crippen LogP contribution in [0.4, 0.5) is 11.5 Å². The maximum Gasteiger partial charge on any atom is 0.350 e. The van der Waals surface area contributed by atoms with Gasteiger partial charge in [-0.25, -0.2) is 9.78 Å². The van der Waals surface area contributed by atoms with Crippen molar-refractivity contribution in [2.24, 2.45) is 12.5 Å². The van der Waals surface area contributed by atoms with E-state index in [1.165, 1.54) is 11.3 Å². The lowest BCUT2D eigenvalue weighted by Gasteiger charge is -2.56. The fourth-order valence-electron chi connectivity index (χ4n) is 6.71. The van der Waals surface area contributed by atoms with Crippen molar-refractivity contribution in [2.45, 2.75) is 58.8 Å². The summed E-state index contributed by atoms with van der Waals surface area (Å²) in [6.07, 6.45) is 0.193. The Labute approximate surface area is 229 Å². The maximum atomic E-state index is 13.0. The molecule has 3 aliphatic rings. The lowest BCUT2D eigenvalue weighted by molar-refractivity contribution is -0.127. The predicted molar refractivity (Wildman–Crippen MR) is 151 cm³/mol. The van der Waals surface area contributed by atoms with E-state index < -0.39 is 0 Å². The number of benzene rings is 1. The first-order valence-corrected chi connectivity index (χ1v) is 14.0. The number of rotatable bonds is 6. The number of nitrogens with zero attached hydrogens (tertiary/aromatic N) is 8. The van der Waals surface area contributed by atoms with Gasteiger partial charge in [0.05, 0.1) is 31.1 Å². The summed E-state index contributed by atoms with van der Waals surface area (Å²) in [5.41, 5.74) is 4.13. The molecule has 0 radical (unpaired) electrons. The van der Waals surface area contributed by atoms with Gasteiger partial charge in [0, 0.05) is 63.6 Å². The Balaban J connectivity index is 1.25. The SMILES string of the molecule is CCn1c(CC#N)nc2c(N3C[C@@H](C)N(C(C)c4cccc(N5CC6(COC6)C5)c4)C[C@@H]3C)nc(=O)n(C)c21. The number of nitriles is 1. The van der Waals surface area contributed by atoms with Gasteiger partial charge in [-0.1, -0.05) is 12.1 Å². The molecule has 2 aromatic heterocycles. The summed E-state index contributed by atoms with van der Waals surface area (Å²) in [4.78, 5) is 29.5. The van der Waals surface area contributed by atoms with E-state index in [0.717, 1.165) is 45.0 Å². The zero-order valence-electron chi connectivity index (χ0n) is 23.6. The van der Waals surface area contributed by atoms with Gasteiger partial charge in [0.25, 0.3) is 0 Å². The van der Waals surface area contributed by atoms with Crippen molar-refractivity contribution in [3.63, 3.8) is 0 Å². The smallest absolute Gasteiger partial charge is 0.350 e. The summed E-state index contributed by atoms with van der Waals surface area (Å²) in [5.74, 6) is 1.30. The largest absolute Gasteiger partial charge is 0.380 e. The molecule has 10 nitrogen and oxygen atoms in total. The first-order chi connectivity index (χ1) is 18.7. The number of piperazine rings is 1. The molecule has 3 aromatic rings. The van der Waals surface area contributed by atoms with Crippen LogP contribution in [-0.2, 0) is 24.8 Å². The molecule has 0 saturated carbocycles. The number of imidazole rings is 1. The standard InChI is InChI=1S/C29H38N8O2/c1-6-35-24(10-11-30)31-25-26(32-28(38)33(5)27(25)35)37-14-19(2)36(13-20(37)3)21(4)22-8-7-9-23(12-22)34-15-29(16-34)17-39-18-29/h7-9,12,19-21H,6,10,13-18H2,1-5H3/t19-,20+,21?/m1/s1. The number of anilines is 2. The summed E-state index contributed by atoms with van der Waals surface area (Å²) in [5, 5.41) is 9.35. The highest BCUT2D eigenvalue weighted by Crippen LogP contribution is 2.41. The predicted octanol–water partition coefficient (Wildman–Crippen LogP) is 2.71. The summed E-state index contributed by atoms with van der Waals surface area (Å²) in [6, 6.07) is 11.8. The van der Waals surface area contributed by atoms with E-state index in [0.29, 0.717) is 29.1 Å². The normalized spacial score (nSPS) is 23.5. The van der Waals surface area contributed by atoms with Gasteiger partial charge in [0.2, 0.25) is 0 Å². The van der Waals surface area contributed by atoms with Gasteiger partial charge in [-0.15, -0.1) is 0 Å². The number of fused-ring (bicyclic) bond motifs is 1. The van der Waals surface area contributed by atoms with Gasteiger partial charge in [-0.05, 0) is 45.4 Å². The molecular weight excluding hydrogens is 492 g/mol. The van der Waals surface area contributed by atoms with Crippen molar-refractivity contribution >= 4 is 22.7 Å². The van der Waals surface area contributed by atoms with Crippen molar-refractivity contribution in [3.05, 3.63) is 46.1 Å². The van der Waals surface area contributed by atoms with Gasteiger partial charge >= 0.3 is 5.69 Å². The van der Waals surface area contributed by atoms with E-state index in [4.69, 9.17) is 9.72 Å². The van der Waals surface area contributed by atoms with Crippen LogP contribution in [0, 0.1) is 16.7 Å². The van der Waals surface area contributed by atoms with E-state index >= 15 is 0 Å². The molecule has 0 bridgehead atoms. The Kier molecular flexibility index (Phi) is 6.39. The summed E-state index contributed by atoms with van der Waals surface area (Å²) in [6.45, 7) is 14.9. The molecule has 1 aromatic carbocycles. The minimum absolute atomic E-state index is 0.134.